The zero-order chi connectivity index (χ0) is 15.9. The summed E-state index contributed by atoms with van der Waals surface area (Å²) in [7, 11) is 2.00. The topological polar surface area (TPSA) is 62.2 Å². The molecule has 124 valence electrons. The molecule has 2 N–H and O–H groups in total. The van der Waals surface area contributed by atoms with Crippen molar-refractivity contribution < 1.29 is 19.7 Å². The molecule has 0 aromatic carbocycles. The summed E-state index contributed by atoms with van der Waals surface area (Å²) >= 11 is 0. The summed E-state index contributed by atoms with van der Waals surface area (Å²) in [5.41, 5.74) is -1.56. The van der Waals surface area contributed by atoms with E-state index in [2.05, 4.69) is 4.90 Å². The lowest BCUT2D eigenvalue weighted by Gasteiger charge is -2.38. The highest BCUT2D eigenvalue weighted by molar-refractivity contribution is 5.02. The van der Waals surface area contributed by atoms with Crippen LogP contribution in [0.15, 0.2) is 0 Å². The lowest BCUT2D eigenvalue weighted by Crippen LogP contribution is -2.49. The van der Waals surface area contributed by atoms with E-state index in [9.17, 15) is 10.2 Å². The van der Waals surface area contributed by atoms with Gasteiger partial charge in [0.2, 0.25) is 0 Å². The summed E-state index contributed by atoms with van der Waals surface area (Å²) in [6.07, 6.45) is 0.852. The number of aliphatic hydroxyl groups excluding tert-OH is 1. The van der Waals surface area contributed by atoms with Crippen molar-refractivity contribution in [1.82, 2.24) is 4.90 Å². The Morgan fingerprint density at radius 3 is 2.14 bits per heavy atom. The first-order chi connectivity index (χ1) is 9.56. The Bertz CT molecular complexity index is 363. The molecule has 2 heterocycles. The molecule has 2 aliphatic rings. The molecular weight excluding hydrogens is 270 g/mol. The second-order valence-corrected chi connectivity index (χ2v) is 7.89. The second-order valence-electron chi connectivity index (χ2n) is 7.89. The maximum Gasteiger partial charge on any atom is 0.0896 e. The van der Waals surface area contributed by atoms with E-state index < -0.39 is 17.3 Å². The molecule has 0 radical (unpaired) electrons. The van der Waals surface area contributed by atoms with E-state index in [1.54, 1.807) is 0 Å². The standard InChI is InChI=1S/C16H31NO4/c1-14(2)12(13(18)15(3,4)21-14)10-17(5)11-16(19)6-8-20-9-7-16/h12-13,18-19H,6-11H2,1-5H3. The van der Waals surface area contributed by atoms with Crippen molar-refractivity contribution in [2.24, 2.45) is 5.92 Å². The van der Waals surface area contributed by atoms with Crippen molar-refractivity contribution in [2.45, 2.75) is 63.4 Å². The SMILES string of the molecule is CN(CC1C(O)C(C)(C)OC1(C)C)CC1(O)CCOCC1. The smallest absolute Gasteiger partial charge is 0.0896 e. The van der Waals surface area contributed by atoms with Gasteiger partial charge in [0.1, 0.15) is 0 Å². The number of likely N-dealkylation sites (N-methyl/N-ethyl adjacent to an activating group) is 1. The molecule has 2 aliphatic heterocycles. The molecule has 0 aromatic rings. The van der Waals surface area contributed by atoms with Gasteiger partial charge in [0.05, 0.1) is 22.9 Å². The van der Waals surface area contributed by atoms with Gasteiger partial charge in [0.15, 0.2) is 0 Å². The molecular formula is C16H31NO4. The van der Waals surface area contributed by atoms with Gasteiger partial charge in [-0.3, -0.25) is 0 Å². The lowest BCUT2D eigenvalue weighted by molar-refractivity contribution is -0.0938. The number of nitrogens with zero attached hydrogens (tertiary/aromatic N) is 1. The normalized spacial score (nSPS) is 34.3. The first-order valence-electron chi connectivity index (χ1n) is 7.93. The van der Waals surface area contributed by atoms with E-state index in [1.165, 1.54) is 0 Å². The van der Waals surface area contributed by atoms with E-state index in [0.29, 0.717) is 39.1 Å². The highest BCUT2D eigenvalue weighted by atomic mass is 16.5. The summed E-state index contributed by atoms with van der Waals surface area (Å²) in [6, 6.07) is 0. The van der Waals surface area contributed by atoms with Crippen LogP contribution >= 0.6 is 0 Å². The number of hydrogen-bond donors (Lipinski definition) is 2. The van der Waals surface area contributed by atoms with Gasteiger partial charge in [-0.2, -0.15) is 0 Å². The van der Waals surface area contributed by atoms with Crippen molar-refractivity contribution in [3.63, 3.8) is 0 Å². The fourth-order valence-electron chi connectivity index (χ4n) is 3.81. The molecule has 2 fully saturated rings. The Labute approximate surface area is 128 Å². The van der Waals surface area contributed by atoms with Gasteiger partial charge in [-0.25, -0.2) is 0 Å². The number of rotatable bonds is 4. The molecule has 2 unspecified atom stereocenters. The molecule has 2 saturated heterocycles. The first-order valence-corrected chi connectivity index (χ1v) is 7.93. The summed E-state index contributed by atoms with van der Waals surface area (Å²) < 4.78 is 11.3. The van der Waals surface area contributed by atoms with Crippen LogP contribution in [0.2, 0.25) is 0 Å². The van der Waals surface area contributed by atoms with Gasteiger partial charge in [0, 0.05) is 45.1 Å². The van der Waals surface area contributed by atoms with Crippen molar-refractivity contribution in [2.75, 3.05) is 33.4 Å². The Kier molecular flexibility index (Phi) is 4.72. The van der Waals surface area contributed by atoms with E-state index in [-0.39, 0.29) is 11.5 Å². The third kappa shape index (κ3) is 3.77. The summed E-state index contributed by atoms with van der Waals surface area (Å²) in [4.78, 5) is 2.12. The van der Waals surface area contributed by atoms with Crippen molar-refractivity contribution in [1.29, 1.82) is 0 Å². The predicted molar refractivity (Wildman–Crippen MR) is 81.2 cm³/mol. The fraction of sp³-hybridized carbons (Fsp3) is 1.00. The van der Waals surface area contributed by atoms with Crippen LogP contribution in [-0.2, 0) is 9.47 Å². The first kappa shape index (κ1) is 17.2. The minimum atomic E-state index is -0.670. The molecule has 2 atom stereocenters. The number of ether oxygens (including phenoxy) is 2. The van der Waals surface area contributed by atoms with Crippen LogP contribution in [0.5, 0.6) is 0 Å². The molecule has 0 bridgehead atoms. The molecule has 0 spiro atoms. The zero-order valence-electron chi connectivity index (χ0n) is 14.1. The molecule has 5 heteroatoms. The average Bonchev–Trinajstić information content (AvgIpc) is 2.48. The monoisotopic (exact) mass is 301 g/mol. The van der Waals surface area contributed by atoms with E-state index in [1.807, 2.05) is 34.7 Å². The van der Waals surface area contributed by atoms with Crippen LogP contribution in [0.4, 0.5) is 0 Å². The van der Waals surface area contributed by atoms with Crippen LogP contribution in [0, 0.1) is 5.92 Å². The van der Waals surface area contributed by atoms with E-state index in [4.69, 9.17) is 9.47 Å². The zero-order valence-corrected chi connectivity index (χ0v) is 14.1. The lowest BCUT2D eigenvalue weighted by atomic mass is 9.84. The molecule has 5 nitrogen and oxygen atoms in total. The van der Waals surface area contributed by atoms with Crippen LogP contribution < -0.4 is 0 Å². The van der Waals surface area contributed by atoms with Gasteiger partial charge < -0.3 is 24.6 Å². The quantitative estimate of drug-likeness (QED) is 0.812. The van der Waals surface area contributed by atoms with Crippen LogP contribution in [0.25, 0.3) is 0 Å². The fourth-order valence-corrected chi connectivity index (χ4v) is 3.81. The predicted octanol–water partition coefficient (Wildman–Crippen LogP) is 1.02. The maximum absolute atomic E-state index is 10.6. The van der Waals surface area contributed by atoms with Crippen LogP contribution in [0.3, 0.4) is 0 Å². The molecule has 0 aromatic heterocycles. The largest absolute Gasteiger partial charge is 0.390 e. The Morgan fingerprint density at radius 1 is 1.10 bits per heavy atom. The van der Waals surface area contributed by atoms with E-state index in [0.717, 1.165) is 0 Å². The minimum absolute atomic E-state index is 0.0286. The molecule has 21 heavy (non-hydrogen) atoms. The highest BCUT2D eigenvalue weighted by Crippen LogP contribution is 2.42. The summed E-state index contributed by atoms with van der Waals surface area (Å²) in [5, 5.41) is 21.1. The summed E-state index contributed by atoms with van der Waals surface area (Å²) in [6.45, 7) is 10.5. The van der Waals surface area contributed by atoms with Crippen molar-refractivity contribution in [3.8, 4) is 0 Å². The number of aliphatic hydroxyl groups is 2. The summed E-state index contributed by atoms with van der Waals surface area (Å²) in [5.74, 6) is 0.0286. The third-order valence-electron chi connectivity index (χ3n) is 5.01. The highest BCUT2D eigenvalue weighted by Gasteiger charge is 2.53. The molecule has 0 amide bonds. The Hall–Kier alpha value is -0.200. The average molecular weight is 301 g/mol. The van der Waals surface area contributed by atoms with Crippen LogP contribution in [0.1, 0.15) is 40.5 Å². The van der Waals surface area contributed by atoms with Gasteiger partial charge in [-0.15, -0.1) is 0 Å². The molecule has 0 aliphatic carbocycles. The molecule has 0 saturated carbocycles. The van der Waals surface area contributed by atoms with Crippen molar-refractivity contribution >= 4 is 0 Å². The van der Waals surface area contributed by atoms with Gasteiger partial charge in [0.25, 0.3) is 0 Å². The third-order valence-corrected chi connectivity index (χ3v) is 5.01. The Morgan fingerprint density at radius 2 is 1.67 bits per heavy atom. The maximum atomic E-state index is 10.6. The second kappa shape index (κ2) is 5.78. The van der Waals surface area contributed by atoms with Gasteiger partial charge >= 0.3 is 0 Å². The number of hydrogen-bond acceptors (Lipinski definition) is 5. The van der Waals surface area contributed by atoms with E-state index >= 15 is 0 Å². The van der Waals surface area contributed by atoms with Gasteiger partial charge in [-0.05, 0) is 34.7 Å². The Balaban J connectivity index is 1.97. The molecule has 2 rings (SSSR count). The minimum Gasteiger partial charge on any atom is -0.390 e. The van der Waals surface area contributed by atoms with Crippen molar-refractivity contribution in [3.05, 3.63) is 0 Å². The van der Waals surface area contributed by atoms with Gasteiger partial charge in [-0.1, -0.05) is 0 Å². The van der Waals surface area contributed by atoms with Crippen LogP contribution in [-0.4, -0.2) is 71.4 Å².